The van der Waals surface area contributed by atoms with Gasteiger partial charge < -0.3 is 9.64 Å². The van der Waals surface area contributed by atoms with Crippen LogP contribution in [-0.2, 0) is 30.6 Å². The highest BCUT2D eigenvalue weighted by Crippen LogP contribution is 2.37. The molecule has 3 unspecified atom stereocenters. The van der Waals surface area contributed by atoms with Gasteiger partial charge in [0.1, 0.15) is 5.25 Å². The van der Waals surface area contributed by atoms with Crippen LogP contribution in [-0.4, -0.2) is 60.6 Å². The first-order valence-corrected chi connectivity index (χ1v) is 11.5. The monoisotopic (exact) mass is 397 g/mol. The number of hydrogen-bond acceptors (Lipinski definition) is 6. The van der Waals surface area contributed by atoms with Crippen molar-refractivity contribution in [2.24, 2.45) is 0 Å². The molecule has 0 spiro atoms. The molecular formula is C18H23NO5S2. The lowest BCUT2D eigenvalue weighted by Crippen LogP contribution is -2.47. The Morgan fingerprint density at radius 3 is 2.69 bits per heavy atom. The Hall–Kier alpha value is -1.54. The number of hydrogen-bond donors (Lipinski definition) is 0. The predicted octanol–water partition coefficient (Wildman–Crippen LogP) is 1.67. The minimum absolute atomic E-state index is 0.0129. The molecule has 3 rings (SSSR count). The summed E-state index contributed by atoms with van der Waals surface area (Å²) >= 11 is 1.46. The zero-order valence-corrected chi connectivity index (χ0v) is 16.5. The van der Waals surface area contributed by atoms with E-state index in [-0.39, 0.29) is 28.7 Å². The van der Waals surface area contributed by atoms with Gasteiger partial charge in [-0.1, -0.05) is 18.2 Å². The molecule has 1 aromatic rings. The van der Waals surface area contributed by atoms with E-state index in [1.807, 2.05) is 24.3 Å². The summed E-state index contributed by atoms with van der Waals surface area (Å²) in [6, 6.07) is 7.50. The Morgan fingerprint density at radius 1 is 1.35 bits per heavy atom. The molecule has 0 saturated carbocycles. The molecule has 1 saturated heterocycles. The topological polar surface area (TPSA) is 80.8 Å². The van der Waals surface area contributed by atoms with E-state index in [4.69, 9.17) is 4.74 Å². The van der Waals surface area contributed by atoms with Crippen molar-refractivity contribution in [3.63, 3.8) is 0 Å². The van der Waals surface area contributed by atoms with Crippen LogP contribution in [0.2, 0.25) is 0 Å². The third-order valence-corrected chi connectivity index (χ3v) is 7.87. The van der Waals surface area contributed by atoms with Crippen LogP contribution in [0, 0.1) is 0 Å². The number of carbonyl (C=O) groups is 2. The number of nitrogens with zero attached hydrogens (tertiary/aromatic N) is 1. The summed E-state index contributed by atoms with van der Waals surface area (Å²) in [5.74, 6) is -0.640. The Morgan fingerprint density at radius 2 is 2.08 bits per heavy atom. The molecule has 0 N–H and O–H groups in total. The predicted molar refractivity (Wildman–Crippen MR) is 99.8 cm³/mol. The van der Waals surface area contributed by atoms with E-state index in [1.165, 1.54) is 16.7 Å². The van der Waals surface area contributed by atoms with Gasteiger partial charge in [0, 0.05) is 17.5 Å². The van der Waals surface area contributed by atoms with Crippen molar-refractivity contribution in [3.8, 4) is 0 Å². The molecule has 1 aromatic carbocycles. The number of sulfone groups is 1. The van der Waals surface area contributed by atoms with E-state index in [0.29, 0.717) is 19.4 Å². The van der Waals surface area contributed by atoms with Crippen LogP contribution in [0.15, 0.2) is 29.2 Å². The molecule has 1 fully saturated rings. The van der Waals surface area contributed by atoms with E-state index >= 15 is 0 Å². The SMILES string of the molecule is CCN(C(=O)C(C)OC(=O)C1Cc2ccccc2S1)C1CCS(=O)(=O)C1. The second kappa shape index (κ2) is 7.60. The lowest BCUT2D eigenvalue weighted by molar-refractivity contribution is -0.159. The van der Waals surface area contributed by atoms with Crippen molar-refractivity contribution in [1.29, 1.82) is 0 Å². The van der Waals surface area contributed by atoms with Gasteiger partial charge in [-0.3, -0.25) is 9.59 Å². The van der Waals surface area contributed by atoms with Crippen molar-refractivity contribution in [2.45, 2.75) is 49.0 Å². The zero-order chi connectivity index (χ0) is 18.9. The van der Waals surface area contributed by atoms with Gasteiger partial charge in [-0.15, -0.1) is 11.8 Å². The number of esters is 1. The Balaban J connectivity index is 1.59. The van der Waals surface area contributed by atoms with Crippen LogP contribution in [0.3, 0.4) is 0 Å². The third-order valence-electron chi connectivity index (χ3n) is 4.82. The van der Waals surface area contributed by atoms with E-state index in [1.54, 1.807) is 13.8 Å². The van der Waals surface area contributed by atoms with Gasteiger partial charge in [-0.25, -0.2) is 8.42 Å². The van der Waals surface area contributed by atoms with Gasteiger partial charge in [-0.05, 0) is 38.3 Å². The van der Waals surface area contributed by atoms with Gasteiger partial charge in [0.25, 0.3) is 5.91 Å². The largest absolute Gasteiger partial charge is 0.452 e. The average molecular weight is 398 g/mol. The van der Waals surface area contributed by atoms with Crippen LogP contribution in [0.1, 0.15) is 25.8 Å². The van der Waals surface area contributed by atoms with E-state index < -0.39 is 21.9 Å². The highest BCUT2D eigenvalue weighted by molar-refractivity contribution is 8.01. The van der Waals surface area contributed by atoms with Crippen LogP contribution < -0.4 is 0 Å². The van der Waals surface area contributed by atoms with E-state index in [9.17, 15) is 18.0 Å². The third kappa shape index (κ3) is 4.06. The normalized spacial score (nSPS) is 24.7. The van der Waals surface area contributed by atoms with Crippen LogP contribution >= 0.6 is 11.8 Å². The number of fused-ring (bicyclic) bond motifs is 1. The maximum Gasteiger partial charge on any atom is 0.320 e. The molecule has 26 heavy (non-hydrogen) atoms. The molecule has 142 valence electrons. The Kier molecular flexibility index (Phi) is 5.62. The summed E-state index contributed by atoms with van der Waals surface area (Å²) < 4.78 is 28.8. The summed E-state index contributed by atoms with van der Waals surface area (Å²) in [4.78, 5) is 27.7. The highest BCUT2D eigenvalue weighted by Gasteiger charge is 2.37. The zero-order valence-electron chi connectivity index (χ0n) is 14.9. The summed E-state index contributed by atoms with van der Waals surface area (Å²) in [5.41, 5.74) is 1.12. The van der Waals surface area contributed by atoms with Crippen LogP contribution in [0.4, 0.5) is 0 Å². The van der Waals surface area contributed by atoms with Crippen molar-refractivity contribution in [3.05, 3.63) is 29.8 Å². The first-order valence-electron chi connectivity index (χ1n) is 8.76. The standard InChI is InChI=1S/C18H23NO5S2/c1-3-19(14-8-9-26(22,23)11-14)17(20)12(2)24-18(21)16-10-13-6-4-5-7-15(13)25-16/h4-7,12,14,16H,3,8-11H2,1-2H3. The number of thioether (sulfide) groups is 1. The first-order chi connectivity index (χ1) is 12.3. The second-order valence-corrected chi connectivity index (χ2v) is 10.2. The molecular weight excluding hydrogens is 374 g/mol. The van der Waals surface area contributed by atoms with Crippen molar-refractivity contribution >= 4 is 33.5 Å². The Bertz CT molecular complexity index is 783. The number of benzene rings is 1. The smallest absolute Gasteiger partial charge is 0.320 e. The van der Waals surface area contributed by atoms with Crippen molar-refractivity contribution < 1.29 is 22.7 Å². The highest BCUT2D eigenvalue weighted by atomic mass is 32.2. The minimum Gasteiger partial charge on any atom is -0.452 e. The molecule has 0 bridgehead atoms. The van der Waals surface area contributed by atoms with Gasteiger partial charge in [0.2, 0.25) is 0 Å². The molecule has 3 atom stereocenters. The van der Waals surface area contributed by atoms with E-state index in [0.717, 1.165) is 10.5 Å². The first kappa shape index (κ1) is 19.2. The lowest BCUT2D eigenvalue weighted by Gasteiger charge is -2.29. The molecule has 0 radical (unpaired) electrons. The quantitative estimate of drug-likeness (QED) is 0.703. The van der Waals surface area contributed by atoms with Gasteiger partial charge >= 0.3 is 5.97 Å². The molecule has 2 heterocycles. The average Bonchev–Trinajstić information content (AvgIpc) is 3.18. The lowest BCUT2D eigenvalue weighted by atomic mass is 10.1. The fourth-order valence-corrected chi connectivity index (χ4v) is 6.37. The number of likely N-dealkylation sites (N-methyl/N-ethyl adjacent to an activating group) is 1. The fraction of sp³-hybridized carbons (Fsp3) is 0.556. The summed E-state index contributed by atoms with van der Waals surface area (Å²) in [7, 11) is -3.08. The van der Waals surface area contributed by atoms with E-state index in [2.05, 4.69) is 0 Å². The maximum absolute atomic E-state index is 12.7. The molecule has 6 nitrogen and oxygen atoms in total. The molecule has 2 aliphatic heterocycles. The number of carbonyl (C=O) groups excluding carboxylic acids is 2. The summed E-state index contributed by atoms with van der Waals surface area (Å²) in [6.07, 6.45) is 0.116. The van der Waals surface area contributed by atoms with Gasteiger partial charge in [0.15, 0.2) is 15.9 Å². The number of rotatable bonds is 5. The number of amides is 1. The van der Waals surface area contributed by atoms with Gasteiger partial charge in [0.05, 0.1) is 11.5 Å². The molecule has 0 aromatic heterocycles. The fourth-order valence-electron chi connectivity index (χ4n) is 3.46. The van der Waals surface area contributed by atoms with Crippen LogP contribution in [0.25, 0.3) is 0 Å². The molecule has 0 aliphatic carbocycles. The van der Waals surface area contributed by atoms with Gasteiger partial charge in [-0.2, -0.15) is 0 Å². The maximum atomic E-state index is 12.7. The molecule has 1 amide bonds. The van der Waals surface area contributed by atoms with Crippen LogP contribution in [0.5, 0.6) is 0 Å². The summed E-state index contributed by atoms with van der Waals surface area (Å²) in [5, 5.41) is -0.343. The summed E-state index contributed by atoms with van der Waals surface area (Å²) in [6.45, 7) is 3.75. The number of ether oxygens (including phenoxy) is 1. The second-order valence-electron chi connectivity index (χ2n) is 6.68. The molecule has 2 aliphatic rings. The Labute approximate surface area is 158 Å². The van der Waals surface area contributed by atoms with Crippen molar-refractivity contribution in [2.75, 3.05) is 18.1 Å². The van der Waals surface area contributed by atoms with Crippen molar-refractivity contribution in [1.82, 2.24) is 4.90 Å². The molecule has 8 heteroatoms. The minimum atomic E-state index is -3.08.